The molecule has 3 rings (SSSR count). The molecule has 5 nitrogen and oxygen atoms in total. The van der Waals surface area contributed by atoms with Crippen LogP contribution in [0.3, 0.4) is 0 Å². The van der Waals surface area contributed by atoms with Crippen molar-refractivity contribution in [3.8, 4) is 0 Å². The highest BCUT2D eigenvalue weighted by Gasteiger charge is 2.24. The summed E-state index contributed by atoms with van der Waals surface area (Å²) in [5.41, 5.74) is 1.39. The van der Waals surface area contributed by atoms with Crippen molar-refractivity contribution in [3.63, 3.8) is 0 Å². The van der Waals surface area contributed by atoms with Gasteiger partial charge in [-0.1, -0.05) is 30.3 Å². The molecule has 0 aliphatic carbocycles. The van der Waals surface area contributed by atoms with Crippen molar-refractivity contribution in [2.24, 2.45) is 0 Å². The van der Waals surface area contributed by atoms with E-state index < -0.39 is 15.8 Å². The molecular formula is C20H23FN2O3S. The monoisotopic (exact) mass is 390 g/mol. The molecule has 27 heavy (non-hydrogen) atoms. The molecule has 1 N–H and O–H groups in total. The fourth-order valence-corrected chi connectivity index (χ4v) is 3.99. The van der Waals surface area contributed by atoms with Gasteiger partial charge in [-0.05, 0) is 37.6 Å². The molecule has 0 amide bonds. The molecule has 0 aromatic heterocycles. The smallest absolute Gasteiger partial charge is 0.255 e. The number of benzene rings is 2. The molecule has 2 unspecified atom stereocenters. The molecule has 0 radical (unpaired) electrons. The van der Waals surface area contributed by atoms with Gasteiger partial charge in [-0.25, -0.2) is 12.8 Å². The third-order valence-electron chi connectivity index (χ3n) is 4.21. The Morgan fingerprint density at radius 2 is 1.78 bits per heavy atom. The van der Waals surface area contributed by atoms with Gasteiger partial charge in [-0.3, -0.25) is 4.72 Å². The van der Waals surface area contributed by atoms with E-state index in [1.165, 1.54) is 12.1 Å². The summed E-state index contributed by atoms with van der Waals surface area (Å²) < 4.78 is 47.0. The Kier molecular flexibility index (Phi) is 5.82. The Hall–Kier alpha value is -2.38. The maximum absolute atomic E-state index is 14.6. The Morgan fingerprint density at radius 1 is 1.11 bits per heavy atom. The van der Waals surface area contributed by atoms with Crippen LogP contribution in [0.25, 0.3) is 6.08 Å². The van der Waals surface area contributed by atoms with Crippen LogP contribution in [0.4, 0.5) is 15.8 Å². The SMILES string of the molecule is CC1CN(c2ccc(NS(=O)(=O)/C=C/c3ccccc3)cc2F)CC(C)O1. The number of hydrogen-bond donors (Lipinski definition) is 1. The van der Waals surface area contributed by atoms with E-state index in [1.807, 2.05) is 36.9 Å². The number of nitrogens with zero attached hydrogens (tertiary/aromatic N) is 1. The van der Waals surface area contributed by atoms with Gasteiger partial charge in [0.2, 0.25) is 0 Å². The lowest BCUT2D eigenvalue weighted by Crippen LogP contribution is -2.45. The van der Waals surface area contributed by atoms with Gasteiger partial charge in [-0.15, -0.1) is 0 Å². The number of nitrogens with one attached hydrogen (secondary N) is 1. The van der Waals surface area contributed by atoms with Crippen LogP contribution in [0.15, 0.2) is 53.9 Å². The number of rotatable bonds is 5. The second-order valence-electron chi connectivity index (χ2n) is 6.69. The van der Waals surface area contributed by atoms with E-state index in [2.05, 4.69) is 4.72 Å². The zero-order valence-corrected chi connectivity index (χ0v) is 16.1. The first kappa shape index (κ1) is 19.4. The second kappa shape index (κ2) is 8.10. The summed E-state index contributed by atoms with van der Waals surface area (Å²) in [5, 5.41) is 1.07. The maximum atomic E-state index is 14.6. The third kappa shape index (κ3) is 5.30. The number of morpholine rings is 1. The molecule has 7 heteroatoms. The van der Waals surface area contributed by atoms with Gasteiger partial charge in [0.05, 0.1) is 29.0 Å². The third-order valence-corrected chi connectivity index (χ3v) is 5.22. The highest BCUT2D eigenvalue weighted by molar-refractivity contribution is 7.95. The lowest BCUT2D eigenvalue weighted by Gasteiger charge is -2.37. The molecule has 0 bridgehead atoms. The molecular weight excluding hydrogens is 367 g/mol. The molecule has 0 spiro atoms. The van der Waals surface area contributed by atoms with E-state index in [9.17, 15) is 12.8 Å². The molecule has 2 aromatic rings. The Balaban J connectivity index is 1.72. The van der Waals surface area contributed by atoms with Crippen LogP contribution in [-0.4, -0.2) is 33.7 Å². The lowest BCUT2D eigenvalue weighted by atomic mass is 10.2. The predicted molar refractivity (Wildman–Crippen MR) is 107 cm³/mol. The minimum atomic E-state index is -3.74. The molecule has 1 aliphatic heterocycles. The van der Waals surface area contributed by atoms with Crippen LogP contribution in [-0.2, 0) is 14.8 Å². The average molecular weight is 390 g/mol. The first-order valence-corrected chi connectivity index (χ1v) is 10.3. The van der Waals surface area contributed by atoms with Crippen LogP contribution in [0.2, 0.25) is 0 Å². The number of halogens is 1. The first-order valence-electron chi connectivity index (χ1n) is 8.78. The summed E-state index contributed by atoms with van der Waals surface area (Å²) >= 11 is 0. The molecule has 0 saturated carbocycles. The van der Waals surface area contributed by atoms with Crippen molar-refractivity contribution >= 4 is 27.5 Å². The second-order valence-corrected chi connectivity index (χ2v) is 8.26. The standard InChI is InChI=1S/C20H23FN2O3S/c1-15-13-23(14-16(2)26-15)20-9-8-18(12-19(20)21)22-27(24,25)11-10-17-6-4-3-5-7-17/h3-12,15-16,22H,13-14H2,1-2H3/b11-10+. The highest BCUT2D eigenvalue weighted by atomic mass is 32.2. The van der Waals surface area contributed by atoms with Gasteiger partial charge in [0.15, 0.2) is 0 Å². The fraction of sp³-hybridized carbons (Fsp3) is 0.300. The van der Waals surface area contributed by atoms with E-state index in [-0.39, 0.29) is 17.9 Å². The number of anilines is 2. The fourth-order valence-electron chi connectivity index (χ4n) is 3.13. The van der Waals surface area contributed by atoms with Crippen molar-refractivity contribution in [2.45, 2.75) is 26.1 Å². The van der Waals surface area contributed by atoms with Gasteiger partial charge in [0.25, 0.3) is 10.0 Å². The normalized spacial score (nSPS) is 20.8. The molecule has 144 valence electrons. The van der Waals surface area contributed by atoms with Crippen LogP contribution in [0, 0.1) is 5.82 Å². The van der Waals surface area contributed by atoms with Gasteiger partial charge in [-0.2, -0.15) is 0 Å². The predicted octanol–water partition coefficient (Wildman–Crippen LogP) is 3.85. The Morgan fingerprint density at radius 3 is 2.41 bits per heavy atom. The van der Waals surface area contributed by atoms with E-state index >= 15 is 0 Å². The van der Waals surface area contributed by atoms with Crippen LogP contribution in [0.5, 0.6) is 0 Å². The van der Waals surface area contributed by atoms with E-state index in [0.29, 0.717) is 18.8 Å². The van der Waals surface area contributed by atoms with Crippen molar-refractivity contribution < 1.29 is 17.5 Å². The quantitative estimate of drug-likeness (QED) is 0.842. The minimum Gasteiger partial charge on any atom is -0.372 e. The topological polar surface area (TPSA) is 58.6 Å². The lowest BCUT2D eigenvalue weighted by molar-refractivity contribution is -0.00539. The summed E-state index contributed by atoms with van der Waals surface area (Å²) in [4.78, 5) is 1.92. The molecule has 1 heterocycles. The summed E-state index contributed by atoms with van der Waals surface area (Å²) in [5.74, 6) is -0.469. The van der Waals surface area contributed by atoms with E-state index in [1.54, 1.807) is 24.3 Å². The summed E-state index contributed by atoms with van der Waals surface area (Å²) in [6.07, 6.45) is 1.51. The van der Waals surface area contributed by atoms with Crippen molar-refractivity contribution in [3.05, 3.63) is 65.3 Å². The van der Waals surface area contributed by atoms with Gasteiger partial charge >= 0.3 is 0 Å². The van der Waals surface area contributed by atoms with Crippen LogP contribution >= 0.6 is 0 Å². The molecule has 1 saturated heterocycles. The Bertz CT molecular complexity index is 906. The number of sulfonamides is 1. The number of ether oxygens (including phenoxy) is 1. The average Bonchev–Trinajstić information content (AvgIpc) is 2.60. The van der Waals surface area contributed by atoms with Gasteiger partial charge in [0, 0.05) is 19.2 Å². The molecule has 2 aromatic carbocycles. The molecule has 2 atom stereocenters. The first-order chi connectivity index (χ1) is 12.8. The highest BCUT2D eigenvalue weighted by Crippen LogP contribution is 2.26. The maximum Gasteiger partial charge on any atom is 0.255 e. The van der Waals surface area contributed by atoms with Crippen LogP contribution < -0.4 is 9.62 Å². The molecule has 1 aliphatic rings. The van der Waals surface area contributed by atoms with E-state index in [4.69, 9.17) is 4.74 Å². The van der Waals surface area contributed by atoms with Crippen molar-refractivity contribution in [1.29, 1.82) is 0 Å². The summed E-state index contributed by atoms with van der Waals surface area (Å²) in [6.45, 7) is 5.07. The zero-order valence-electron chi connectivity index (χ0n) is 15.3. The Labute approximate surface area is 159 Å². The summed E-state index contributed by atoms with van der Waals surface area (Å²) in [6, 6.07) is 13.5. The van der Waals surface area contributed by atoms with Crippen molar-refractivity contribution in [2.75, 3.05) is 22.7 Å². The van der Waals surface area contributed by atoms with Crippen molar-refractivity contribution in [1.82, 2.24) is 0 Å². The van der Waals surface area contributed by atoms with E-state index in [0.717, 1.165) is 11.0 Å². The largest absolute Gasteiger partial charge is 0.372 e. The van der Waals surface area contributed by atoms with Gasteiger partial charge in [0.1, 0.15) is 5.82 Å². The molecule has 1 fully saturated rings. The number of hydrogen-bond acceptors (Lipinski definition) is 4. The summed E-state index contributed by atoms with van der Waals surface area (Å²) in [7, 11) is -3.74. The zero-order chi connectivity index (χ0) is 19.4. The minimum absolute atomic E-state index is 0.00875. The van der Waals surface area contributed by atoms with Gasteiger partial charge < -0.3 is 9.64 Å². The van der Waals surface area contributed by atoms with Crippen LogP contribution in [0.1, 0.15) is 19.4 Å².